The van der Waals surface area contributed by atoms with Crippen molar-refractivity contribution in [3.63, 3.8) is 0 Å². The molecule has 1 amide bonds. The molecule has 2 aromatic carbocycles. The normalized spacial score (nSPS) is 11.3. The number of carbonyl (C=O) groups excluding carboxylic acids is 1. The van der Waals surface area contributed by atoms with Crippen molar-refractivity contribution in [1.29, 1.82) is 0 Å². The van der Waals surface area contributed by atoms with Crippen LogP contribution >= 0.6 is 0 Å². The first-order valence-corrected chi connectivity index (χ1v) is 7.32. The quantitative estimate of drug-likeness (QED) is 0.809. The first-order valence-electron chi connectivity index (χ1n) is 7.32. The van der Waals surface area contributed by atoms with Crippen molar-refractivity contribution in [3.8, 4) is 0 Å². The van der Waals surface area contributed by atoms with Crippen molar-refractivity contribution in [1.82, 2.24) is 4.90 Å². The molecule has 0 radical (unpaired) electrons. The SMILES string of the molecule is CCc1ccc(C(=O)N(C)Cc2ccc(C(F)(F)F)cc2)cc1. The lowest BCUT2D eigenvalue weighted by Gasteiger charge is -2.18. The second kappa shape index (κ2) is 6.86. The number of alkyl halides is 3. The summed E-state index contributed by atoms with van der Waals surface area (Å²) in [6.45, 7) is 2.29. The summed E-state index contributed by atoms with van der Waals surface area (Å²) in [6.07, 6.45) is -3.45. The summed E-state index contributed by atoms with van der Waals surface area (Å²) in [6, 6.07) is 12.2. The Labute approximate surface area is 133 Å². The van der Waals surface area contributed by atoms with Crippen LogP contribution in [0.5, 0.6) is 0 Å². The molecule has 2 aromatic rings. The van der Waals surface area contributed by atoms with Crippen LogP contribution in [0.4, 0.5) is 13.2 Å². The first kappa shape index (κ1) is 17.1. The minimum Gasteiger partial charge on any atom is -0.337 e. The van der Waals surface area contributed by atoms with Crippen molar-refractivity contribution in [2.45, 2.75) is 26.1 Å². The zero-order chi connectivity index (χ0) is 17.0. The van der Waals surface area contributed by atoms with Gasteiger partial charge in [-0.3, -0.25) is 4.79 Å². The van der Waals surface area contributed by atoms with E-state index in [0.717, 1.165) is 24.1 Å². The lowest BCUT2D eigenvalue weighted by molar-refractivity contribution is -0.137. The fourth-order valence-corrected chi connectivity index (χ4v) is 2.25. The van der Waals surface area contributed by atoms with Gasteiger partial charge in [-0.15, -0.1) is 0 Å². The monoisotopic (exact) mass is 321 g/mol. The van der Waals surface area contributed by atoms with Crippen molar-refractivity contribution in [3.05, 3.63) is 70.8 Å². The second-order valence-electron chi connectivity index (χ2n) is 5.41. The van der Waals surface area contributed by atoms with E-state index in [2.05, 4.69) is 0 Å². The summed E-state index contributed by atoms with van der Waals surface area (Å²) in [7, 11) is 1.63. The van der Waals surface area contributed by atoms with Gasteiger partial charge in [0, 0.05) is 19.2 Å². The van der Waals surface area contributed by atoms with E-state index in [1.54, 1.807) is 19.2 Å². The molecule has 0 saturated carbocycles. The minimum absolute atomic E-state index is 0.160. The molecule has 122 valence electrons. The topological polar surface area (TPSA) is 20.3 Å². The Morgan fingerprint density at radius 1 is 0.957 bits per heavy atom. The van der Waals surface area contributed by atoms with Crippen molar-refractivity contribution in [2.24, 2.45) is 0 Å². The summed E-state index contributed by atoms with van der Waals surface area (Å²) in [5.41, 5.74) is 1.67. The Hall–Kier alpha value is -2.30. The van der Waals surface area contributed by atoms with Gasteiger partial charge in [0.15, 0.2) is 0 Å². The molecule has 0 aliphatic heterocycles. The van der Waals surface area contributed by atoms with E-state index in [0.29, 0.717) is 11.1 Å². The van der Waals surface area contributed by atoms with Gasteiger partial charge in [0.05, 0.1) is 5.56 Å². The van der Waals surface area contributed by atoms with Gasteiger partial charge < -0.3 is 4.90 Å². The van der Waals surface area contributed by atoms with Crippen LogP contribution in [0.3, 0.4) is 0 Å². The predicted molar refractivity (Wildman–Crippen MR) is 83.1 cm³/mol. The van der Waals surface area contributed by atoms with Gasteiger partial charge in [0.2, 0.25) is 0 Å². The van der Waals surface area contributed by atoms with Crippen LogP contribution in [0.1, 0.15) is 34.0 Å². The van der Waals surface area contributed by atoms with Crippen LogP contribution < -0.4 is 0 Å². The summed E-state index contributed by atoms with van der Waals surface area (Å²) < 4.78 is 37.6. The molecule has 0 aliphatic carbocycles. The Kier molecular flexibility index (Phi) is 5.08. The van der Waals surface area contributed by atoms with E-state index in [-0.39, 0.29) is 12.5 Å². The molecule has 0 spiro atoms. The highest BCUT2D eigenvalue weighted by atomic mass is 19.4. The van der Waals surface area contributed by atoms with Gasteiger partial charge in [-0.2, -0.15) is 13.2 Å². The van der Waals surface area contributed by atoms with Gasteiger partial charge in [-0.05, 0) is 41.8 Å². The Morgan fingerprint density at radius 2 is 1.48 bits per heavy atom. The maximum Gasteiger partial charge on any atom is 0.416 e. The predicted octanol–water partition coefficient (Wildman–Crippen LogP) is 4.54. The van der Waals surface area contributed by atoms with Gasteiger partial charge in [0.1, 0.15) is 0 Å². The Balaban J connectivity index is 2.05. The summed E-state index contributed by atoms with van der Waals surface area (Å²) in [5.74, 6) is -0.160. The van der Waals surface area contributed by atoms with Gasteiger partial charge in [-0.1, -0.05) is 31.2 Å². The summed E-state index contributed by atoms with van der Waals surface area (Å²) in [4.78, 5) is 13.8. The highest BCUT2D eigenvalue weighted by molar-refractivity contribution is 5.94. The third-order valence-corrected chi connectivity index (χ3v) is 3.66. The minimum atomic E-state index is -4.35. The lowest BCUT2D eigenvalue weighted by Crippen LogP contribution is -2.26. The van der Waals surface area contributed by atoms with Crippen LogP contribution in [0.15, 0.2) is 48.5 Å². The number of rotatable bonds is 4. The number of hydrogen-bond acceptors (Lipinski definition) is 1. The van der Waals surface area contributed by atoms with E-state index in [1.807, 2.05) is 19.1 Å². The smallest absolute Gasteiger partial charge is 0.337 e. The number of benzene rings is 2. The Morgan fingerprint density at radius 3 is 1.96 bits per heavy atom. The number of carbonyl (C=O) groups is 1. The number of amides is 1. The number of halogens is 3. The summed E-state index contributed by atoms with van der Waals surface area (Å²) in [5, 5.41) is 0. The molecule has 0 heterocycles. The van der Waals surface area contributed by atoms with Crippen LogP contribution in [-0.4, -0.2) is 17.9 Å². The standard InChI is InChI=1S/C18H18F3NO/c1-3-13-4-8-15(9-5-13)17(23)22(2)12-14-6-10-16(11-7-14)18(19,20)21/h4-11H,3,12H2,1-2H3. The van der Waals surface area contributed by atoms with Gasteiger partial charge in [0.25, 0.3) is 5.91 Å². The van der Waals surface area contributed by atoms with Crippen molar-refractivity contribution >= 4 is 5.91 Å². The van der Waals surface area contributed by atoms with Gasteiger partial charge >= 0.3 is 6.18 Å². The highest BCUT2D eigenvalue weighted by Crippen LogP contribution is 2.29. The molecular formula is C18H18F3NO. The molecule has 0 aromatic heterocycles. The molecule has 5 heteroatoms. The molecular weight excluding hydrogens is 303 g/mol. The summed E-state index contributed by atoms with van der Waals surface area (Å²) >= 11 is 0. The van der Waals surface area contributed by atoms with Crippen molar-refractivity contribution < 1.29 is 18.0 Å². The molecule has 0 saturated heterocycles. The van der Waals surface area contributed by atoms with Crippen molar-refractivity contribution in [2.75, 3.05) is 7.05 Å². The molecule has 0 aliphatic rings. The molecule has 0 N–H and O–H groups in total. The van der Waals surface area contributed by atoms with Crippen LogP contribution in [0, 0.1) is 0 Å². The molecule has 0 bridgehead atoms. The second-order valence-corrected chi connectivity index (χ2v) is 5.41. The highest BCUT2D eigenvalue weighted by Gasteiger charge is 2.29. The molecule has 0 atom stereocenters. The van der Waals surface area contributed by atoms with Crippen LogP contribution in [-0.2, 0) is 19.1 Å². The molecule has 2 nitrogen and oxygen atoms in total. The zero-order valence-electron chi connectivity index (χ0n) is 13.0. The molecule has 2 rings (SSSR count). The maximum atomic E-state index is 12.5. The first-order chi connectivity index (χ1) is 10.8. The average Bonchev–Trinajstić information content (AvgIpc) is 2.54. The zero-order valence-corrected chi connectivity index (χ0v) is 13.0. The van der Waals surface area contributed by atoms with Crippen LogP contribution in [0.2, 0.25) is 0 Å². The Bertz CT molecular complexity index is 660. The fraction of sp³-hybridized carbons (Fsp3) is 0.278. The number of nitrogens with zero attached hydrogens (tertiary/aromatic N) is 1. The lowest BCUT2D eigenvalue weighted by atomic mass is 10.1. The van der Waals surface area contributed by atoms with E-state index in [1.165, 1.54) is 17.0 Å². The van der Waals surface area contributed by atoms with E-state index >= 15 is 0 Å². The van der Waals surface area contributed by atoms with E-state index in [4.69, 9.17) is 0 Å². The van der Waals surface area contributed by atoms with Crippen LogP contribution in [0.25, 0.3) is 0 Å². The largest absolute Gasteiger partial charge is 0.416 e. The fourth-order valence-electron chi connectivity index (χ4n) is 2.25. The number of aryl methyl sites for hydroxylation is 1. The van der Waals surface area contributed by atoms with E-state index in [9.17, 15) is 18.0 Å². The molecule has 0 fully saturated rings. The van der Waals surface area contributed by atoms with E-state index < -0.39 is 11.7 Å². The third kappa shape index (κ3) is 4.34. The van der Waals surface area contributed by atoms with Gasteiger partial charge in [-0.25, -0.2) is 0 Å². The average molecular weight is 321 g/mol. The molecule has 0 unspecified atom stereocenters. The molecule has 23 heavy (non-hydrogen) atoms. The third-order valence-electron chi connectivity index (χ3n) is 3.66. The number of hydrogen-bond donors (Lipinski definition) is 0. The maximum absolute atomic E-state index is 12.5.